The Hall–Kier alpha value is -2.98. The summed E-state index contributed by atoms with van der Waals surface area (Å²) in [6, 6.07) is 27.8. The third-order valence-electron chi connectivity index (χ3n) is 4.72. The van der Waals surface area contributed by atoms with Crippen LogP contribution in [0, 0.1) is 0 Å². The second kappa shape index (κ2) is 8.36. The van der Waals surface area contributed by atoms with E-state index in [0.29, 0.717) is 6.42 Å². The summed E-state index contributed by atoms with van der Waals surface area (Å²) in [4.78, 5) is 13.0. The van der Waals surface area contributed by atoms with E-state index in [9.17, 15) is 4.79 Å². The van der Waals surface area contributed by atoms with Gasteiger partial charge in [0.25, 0.3) is 5.91 Å². The largest absolute Gasteiger partial charge is 0.268 e. The van der Waals surface area contributed by atoms with Gasteiger partial charge in [0.1, 0.15) is 0 Å². The van der Waals surface area contributed by atoms with Gasteiger partial charge >= 0.3 is 0 Å². The Morgan fingerprint density at radius 3 is 2.25 bits per heavy atom. The van der Waals surface area contributed by atoms with E-state index in [1.54, 1.807) is 11.1 Å². The molecule has 1 unspecified atom stereocenters. The van der Waals surface area contributed by atoms with Crippen LogP contribution < -0.4 is 0 Å². The Balaban J connectivity index is 1.64. The molecule has 1 heterocycles. The minimum absolute atomic E-state index is 0.115. The predicted octanol–water partition coefficient (Wildman–Crippen LogP) is 5.84. The van der Waals surface area contributed by atoms with Crippen LogP contribution in [0.5, 0.6) is 0 Å². The van der Waals surface area contributed by atoms with Crippen molar-refractivity contribution in [1.29, 1.82) is 0 Å². The van der Waals surface area contributed by atoms with Gasteiger partial charge in [0, 0.05) is 17.0 Å². The van der Waals surface area contributed by atoms with E-state index >= 15 is 0 Å². The lowest BCUT2D eigenvalue weighted by Crippen LogP contribution is -2.25. The molecule has 0 fully saturated rings. The minimum Gasteiger partial charge on any atom is -0.268 e. The van der Waals surface area contributed by atoms with E-state index in [0.717, 1.165) is 26.9 Å². The normalized spacial score (nSPS) is 16.4. The lowest BCUT2D eigenvalue weighted by molar-refractivity contribution is -0.127. The number of amides is 1. The van der Waals surface area contributed by atoms with Crippen LogP contribution in [-0.4, -0.2) is 16.6 Å². The summed E-state index contributed by atoms with van der Waals surface area (Å²) < 4.78 is 1.01. The molecular formula is C24H19BrN2O. The van der Waals surface area contributed by atoms with Gasteiger partial charge in [-0.15, -0.1) is 0 Å². The van der Waals surface area contributed by atoms with E-state index in [4.69, 9.17) is 0 Å². The van der Waals surface area contributed by atoms with Crippen LogP contribution in [0.25, 0.3) is 6.08 Å². The molecule has 4 heteroatoms. The molecule has 1 aliphatic rings. The van der Waals surface area contributed by atoms with Crippen molar-refractivity contribution in [2.24, 2.45) is 5.10 Å². The molecule has 1 atom stereocenters. The molecule has 0 bridgehead atoms. The summed E-state index contributed by atoms with van der Waals surface area (Å²) in [5.41, 5.74) is 4.03. The molecule has 1 aliphatic heterocycles. The Morgan fingerprint density at radius 2 is 1.57 bits per heavy atom. The quantitative estimate of drug-likeness (QED) is 0.478. The average molecular weight is 431 g/mol. The molecule has 4 rings (SSSR count). The van der Waals surface area contributed by atoms with Crippen molar-refractivity contribution < 1.29 is 4.79 Å². The number of nitrogens with zero attached hydrogens (tertiary/aromatic N) is 2. The van der Waals surface area contributed by atoms with Crippen molar-refractivity contribution in [1.82, 2.24) is 5.01 Å². The fraction of sp³-hybridized carbons (Fsp3) is 0.0833. The van der Waals surface area contributed by atoms with Crippen LogP contribution >= 0.6 is 15.9 Å². The smallest absolute Gasteiger partial charge is 0.267 e. The first-order chi connectivity index (χ1) is 13.7. The minimum atomic E-state index is -0.122. The van der Waals surface area contributed by atoms with Crippen molar-refractivity contribution in [2.45, 2.75) is 12.5 Å². The standard InChI is InChI=1S/C24H19BrN2O/c25-21-14-12-20(13-15-21)23-17-22(19-9-5-2-6-10-19)26-27(23)24(28)16-11-18-7-3-1-4-8-18/h1-16,23H,17H2. The number of hydrogen-bond donors (Lipinski definition) is 0. The lowest BCUT2D eigenvalue weighted by Gasteiger charge is -2.20. The van der Waals surface area contributed by atoms with E-state index in [2.05, 4.69) is 21.0 Å². The topological polar surface area (TPSA) is 32.7 Å². The molecule has 0 radical (unpaired) electrons. The summed E-state index contributed by atoms with van der Waals surface area (Å²) in [7, 11) is 0. The third-order valence-corrected chi connectivity index (χ3v) is 5.24. The van der Waals surface area contributed by atoms with E-state index in [1.165, 1.54) is 0 Å². The van der Waals surface area contributed by atoms with Crippen molar-refractivity contribution in [2.75, 3.05) is 0 Å². The number of hydrogen-bond acceptors (Lipinski definition) is 2. The highest BCUT2D eigenvalue weighted by atomic mass is 79.9. The van der Waals surface area contributed by atoms with E-state index in [1.807, 2.05) is 91.0 Å². The molecule has 0 aliphatic carbocycles. The van der Waals surface area contributed by atoms with Crippen LogP contribution in [0.15, 0.2) is 101 Å². The monoisotopic (exact) mass is 430 g/mol. The first-order valence-electron chi connectivity index (χ1n) is 9.15. The first-order valence-corrected chi connectivity index (χ1v) is 9.95. The molecule has 138 valence electrons. The maximum Gasteiger partial charge on any atom is 0.267 e. The zero-order valence-electron chi connectivity index (χ0n) is 15.2. The molecular weight excluding hydrogens is 412 g/mol. The summed E-state index contributed by atoms with van der Waals surface area (Å²) in [5.74, 6) is -0.122. The summed E-state index contributed by atoms with van der Waals surface area (Å²) >= 11 is 3.48. The number of hydrazone groups is 1. The fourth-order valence-corrected chi connectivity index (χ4v) is 3.54. The summed E-state index contributed by atoms with van der Waals surface area (Å²) in [6.45, 7) is 0. The molecule has 3 nitrogen and oxygen atoms in total. The van der Waals surface area contributed by atoms with Crippen molar-refractivity contribution in [3.05, 3.63) is 112 Å². The predicted molar refractivity (Wildman–Crippen MR) is 117 cm³/mol. The van der Waals surface area contributed by atoms with E-state index in [-0.39, 0.29) is 11.9 Å². The first kappa shape index (κ1) is 18.4. The molecule has 0 saturated carbocycles. The molecule has 28 heavy (non-hydrogen) atoms. The van der Waals surface area contributed by atoms with Crippen LogP contribution in [0.4, 0.5) is 0 Å². The molecule has 0 aromatic heterocycles. The Morgan fingerprint density at radius 1 is 0.929 bits per heavy atom. The van der Waals surface area contributed by atoms with Gasteiger partial charge in [-0.25, -0.2) is 5.01 Å². The summed E-state index contributed by atoms with van der Waals surface area (Å²) in [5, 5.41) is 6.29. The van der Waals surface area contributed by atoms with Crippen molar-refractivity contribution in [3.8, 4) is 0 Å². The number of halogens is 1. The number of carbonyl (C=O) groups excluding carboxylic acids is 1. The lowest BCUT2D eigenvalue weighted by atomic mass is 9.98. The van der Waals surface area contributed by atoms with E-state index < -0.39 is 0 Å². The van der Waals surface area contributed by atoms with Crippen molar-refractivity contribution in [3.63, 3.8) is 0 Å². The Labute approximate surface area is 173 Å². The average Bonchev–Trinajstić information content (AvgIpc) is 3.19. The van der Waals surface area contributed by atoms with Gasteiger partial charge in [0.2, 0.25) is 0 Å². The third kappa shape index (κ3) is 4.12. The fourth-order valence-electron chi connectivity index (χ4n) is 3.27. The van der Waals surface area contributed by atoms with Crippen LogP contribution in [0.3, 0.4) is 0 Å². The molecule has 0 spiro atoms. The highest BCUT2D eigenvalue weighted by Gasteiger charge is 2.32. The number of carbonyl (C=O) groups is 1. The Bertz CT molecular complexity index is 1010. The van der Waals surface area contributed by atoms with Crippen molar-refractivity contribution >= 4 is 33.6 Å². The molecule has 1 amide bonds. The van der Waals surface area contributed by atoms with Gasteiger partial charge in [0.15, 0.2) is 0 Å². The van der Waals surface area contributed by atoms with Gasteiger partial charge < -0.3 is 0 Å². The summed E-state index contributed by atoms with van der Waals surface area (Å²) in [6.07, 6.45) is 4.12. The van der Waals surface area contributed by atoms with Gasteiger partial charge in [-0.1, -0.05) is 88.7 Å². The van der Waals surface area contributed by atoms with Crippen LogP contribution in [0.2, 0.25) is 0 Å². The van der Waals surface area contributed by atoms with Gasteiger partial charge in [-0.2, -0.15) is 5.10 Å². The number of rotatable bonds is 4. The maximum absolute atomic E-state index is 13.0. The second-order valence-corrected chi connectivity index (χ2v) is 7.53. The molecule has 0 N–H and O–H groups in total. The molecule has 3 aromatic rings. The SMILES string of the molecule is O=C(C=Cc1ccccc1)N1N=C(c2ccccc2)CC1c1ccc(Br)cc1. The van der Waals surface area contributed by atoms with Gasteiger partial charge in [-0.05, 0) is 34.9 Å². The van der Waals surface area contributed by atoms with Crippen LogP contribution in [0.1, 0.15) is 29.2 Å². The highest BCUT2D eigenvalue weighted by molar-refractivity contribution is 9.10. The van der Waals surface area contributed by atoms with Crippen LogP contribution in [-0.2, 0) is 4.79 Å². The highest BCUT2D eigenvalue weighted by Crippen LogP contribution is 2.33. The molecule has 0 saturated heterocycles. The zero-order valence-corrected chi connectivity index (χ0v) is 16.8. The number of benzene rings is 3. The van der Waals surface area contributed by atoms with Gasteiger partial charge in [-0.3, -0.25) is 4.79 Å². The van der Waals surface area contributed by atoms with Gasteiger partial charge in [0.05, 0.1) is 11.8 Å². The Kier molecular flexibility index (Phi) is 5.49. The molecule has 3 aromatic carbocycles. The maximum atomic E-state index is 13.0. The second-order valence-electron chi connectivity index (χ2n) is 6.61. The zero-order chi connectivity index (χ0) is 19.3.